The molecular weight excluding hydrogens is 408 g/mol. The van der Waals surface area contributed by atoms with Gasteiger partial charge in [0.25, 0.3) is 5.91 Å². The van der Waals surface area contributed by atoms with Crippen LogP contribution in [0.4, 0.5) is 0 Å². The van der Waals surface area contributed by atoms with Crippen molar-refractivity contribution in [3.05, 3.63) is 35.7 Å². The number of hydrogen-bond acceptors (Lipinski definition) is 9. The van der Waals surface area contributed by atoms with Gasteiger partial charge in [-0.15, -0.1) is 0 Å². The highest BCUT2D eigenvalue weighted by Crippen LogP contribution is 2.24. The lowest BCUT2D eigenvalue weighted by atomic mass is 9.95. The zero-order valence-corrected chi connectivity index (χ0v) is 17.8. The number of nitrogens with one attached hydrogen (secondary N) is 1. The van der Waals surface area contributed by atoms with E-state index in [1.807, 2.05) is 0 Å². The Hall–Kier alpha value is -3.43. The molecule has 1 saturated heterocycles. The van der Waals surface area contributed by atoms with Gasteiger partial charge in [0.05, 0.1) is 5.92 Å². The number of aromatic nitrogens is 1. The highest BCUT2D eigenvalue weighted by molar-refractivity contribution is 5.97. The predicted octanol–water partition coefficient (Wildman–Crippen LogP) is 1.20. The molecule has 0 unspecified atom stereocenters. The van der Waals surface area contributed by atoms with Crippen molar-refractivity contribution in [1.82, 2.24) is 10.3 Å². The van der Waals surface area contributed by atoms with Crippen LogP contribution in [0.15, 0.2) is 24.4 Å². The average Bonchev–Trinajstić information content (AvgIpc) is 2.74. The first-order valence-corrected chi connectivity index (χ1v) is 9.75. The minimum atomic E-state index is -1.35. The summed E-state index contributed by atoms with van der Waals surface area (Å²) in [6.07, 6.45) is -0.508. The molecule has 1 aliphatic rings. The van der Waals surface area contributed by atoms with Crippen molar-refractivity contribution in [3.8, 4) is 5.75 Å². The standard InChI is InChI=1S/C21H26N2O8/c1-6-13-17(31-19(26)10(2)3)12(5)30-21(28)14(9-29-20(13)27)23-18(25)15-16(24)11(4)7-8-22-15/h7-8,12-14,17,24H,2,6,9H2,1,3-5H3,(H,23,25)/t12-,13+,14-,17-/m0/s1. The topological polar surface area (TPSA) is 141 Å². The van der Waals surface area contributed by atoms with Crippen molar-refractivity contribution < 1.29 is 38.5 Å². The number of nitrogens with zero attached hydrogens (tertiary/aromatic N) is 1. The molecule has 1 fully saturated rings. The van der Waals surface area contributed by atoms with Crippen LogP contribution in [0, 0.1) is 12.8 Å². The van der Waals surface area contributed by atoms with Gasteiger partial charge in [0.2, 0.25) is 0 Å². The van der Waals surface area contributed by atoms with Gasteiger partial charge < -0.3 is 24.6 Å². The number of cyclic esters (lactones) is 2. The van der Waals surface area contributed by atoms with Crippen LogP contribution in [-0.2, 0) is 28.6 Å². The molecule has 0 saturated carbocycles. The maximum Gasteiger partial charge on any atom is 0.333 e. The second-order valence-corrected chi connectivity index (χ2v) is 7.29. The van der Waals surface area contributed by atoms with Crippen molar-refractivity contribution in [2.75, 3.05) is 6.61 Å². The fourth-order valence-corrected chi connectivity index (χ4v) is 2.98. The third-order valence-corrected chi connectivity index (χ3v) is 4.82. The Kier molecular flexibility index (Phi) is 7.73. The molecule has 1 aromatic heterocycles. The smallest absolute Gasteiger partial charge is 0.333 e. The molecule has 168 valence electrons. The molecule has 10 nitrogen and oxygen atoms in total. The number of carbonyl (C=O) groups is 4. The molecule has 31 heavy (non-hydrogen) atoms. The Morgan fingerprint density at radius 1 is 1.35 bits per heavy atom. The Balaban J connectivity index is 2.25. The highest BCUT2D eigenvalue weighted by Gasteiger charge is 2.41. The Bertz CT molecular complexity index is 897. The molecule has 1 aromatic rings. The fourth-order valence-electron chi connectivity index (χ4n) is 2.98. The third kappa shape index (κ3) is 5.59. The molecule has 2 rings (SSSR count). The zero-order valence-electron chi connectivity index (χ0n) is 17.8. The van der Waals surface area contributed by atoms with Gasteiger partial charge in [-0.1, -0.05) is 13.5 Å². The molecule has 2 N–H and O–H groups in total. The molecule has 1 amide bonds. The van der Waals surface area contributed by atoms with Crippen LogP contribution >= 0.6 is 0 Å². The minimum absolute atomic E-state index is 0.122. The molecule has 0 aliphatic carbocycles. The summed E-state index contributed by atoms with van der Waals surface area (Å²) in [5, 5.41) is 12.4. The van der Waals surface area contributed by atoms with Crippen LogP contribution < -0.4 is 5.32 Å². The number of aryl methyl sites for hydroxylation is 1. The summed E-state index contributed by atoms with van der Waals surface area (Å²) in [6, 6.07) is 0.162. The molecule has 10 heteroatoms. The lowest BCUT2D eigenvalue weighted by Crippen LogP contribution is -2.46. The van der Waals surface area contributed by atoms with E-state index < -0.39 is 54.6 Å². The van der Waals surface area contributed by atoms with E-state index >= 15 is 0 Å². The number of carbonyl (C=O) groups excluding carboxylic acids is 4. The third-order valence-electron chi connectivity index (χ3n) is 4.82. The molecule has 0 radical (unpaired) electrons. The average molecular weight is 434 g/mol. The summed E-state index contributed by atoms with van der Waals surface area (Å²) in [4.78, 5) is 53.6. The first-order chi connectivity index (χ1) is 14.6. The molecule has 0 aromatic carbocycles. The van der Waals surface area contributed by atoms with Crippen LogP contribution in [0.2, 0.25) is 0 Å². The first kappa shape index (κ1) is 23.8. The van der Waals surface area contributed by atoms with Crippen molar-refractivity contribution >= 4 is 23.8 Å². The summed E-state index contributed by atoms with van der Waals surface area (Å²) in [5.74, 6) is -4.40. The zero-order chi connectivity index (χ0) is 23.3. The Morgan fingerprint density at radius 2 is 2.03 bits per heavy atom. The van der Waals surface area contributed by atoms with E-state index in [1.54, 1.807) is 13.8 Å². The van der Waals surface area contributed by atoms with Crippen molar-refractivity contribution in [1.29, 1.82) is 0 Å². The monoisotopic (exact) mass is 434 g/mol. The van der Waals surface area contributed by atoms with Gasteiger partial charge in [-0.05, 0) is 38.8 Å². The predicted molar refractivity (Wildman–Crippen MR) is 107 cm³/mol. The van der Waals surface area contributed by atoms with E-state index in [1.165, 1.54) is 26.1 Å². The van der Waals surface area contributed by atoms with E-state index in [0.29, 0.717) is 5.56 Å². The molecule has 1 aliphatic heterocycles. The lowest BCUT2D eigenvalue weighted by Gasteiger charge is -2.28. The molecule has 4 atom stereocenters. The van der Waals surface area contributed by atoms with Crippen LogP contribution in [0.3, 0.4) is 0 Å². The van der Waals surface area contributed by atoms with Crippen molar-refractivity contribution in [2.45, 2.75) is 52.4 Å². The maximum atomic E-state index is 12.6. The maximum absolute atomic E-state index is 12.6. The van der Waals surface area contributed by atoms with Gasteiger partial charge in [0.1, 0.15) is 18.5 Å². The number of amides is 1. The SMILES string of the molecule is C=C(C)C(=O)O[C@H]1[C@H](C)OC(=O)[C@@H](NC(=O)c2nccc(C)c2O)COC(=O)[C@@H]1CC. The quantitative estimate of drug-likeness (QED) is 0.397. The number of esters is 3. The van der Waals surface area contributed by atoms with E-state index in [4.69, 9.17) is 14.2 Å². The Labute approximate surface area is 179 Å². The summed E-state index contributed by atoms with van der Waals surface area (Å²) < 4.78 is 15.9. The van der Waals surface area contributed by atoms with Gasteiger partial charge in [0.15, 0.2) is 17.8 Å². The van der Waals surface area contributed by atoms with E-state index in [9.17, 15) is 24.3 Å². The summed E-state index contributed by atoms with van der Waals surface area (Å²) >= 11 is 0. The van der Waals surface area contributed by atoms with Crippen LogP contribution in [0.5, 0.6) is 5.75 Å². The van der Waals surface area contributed by atoms with E-state index in [0.717, 1.165) is 0 Å². The number of rotatable bonds is 5. The van der Waals surface area contributed by atoms with Gasteiger partial charge >= 0.3 is 17.9 Å². The second-order valence-electron chi connectivity index (χ2n) is 7.29. The molecule has 0 bridgehead atoms. The molecule has 2 heterocycles. The lowest BCUT2D eigenvalue weighted by molar-refractivity contribution is -0.172. The van der Waals surface area contributed by atoms with Gasteiger partial charge in [0, 0.05) is 11.8 Å². The number of ether oxygens (including phenoxy) is 3. The van der Waals surface area contributed by atoms with Crippen LogP contribution in [0.1, 0.15) is 43.2 Å². The van der Waals surface area contributed by atoms with E-state index in [2.05, 4.69) is 16.9 Å². The Morgan fingerprint density at radius 3 is 2.65 bits per heavy atom. The second kappa shape index (κ2) is 10.1. The van der Waals surface area contributed by atoms with Crippen LogP contribution in [0.25, 0.3) is 0 Å². The first-order valence-electron chi connectivity index (χ1n) is 9.75. The number of hydrogen-bond donors (Lipinski definition) is 2. The minimum Gasteiger partial charge on any atom is -0.505 e. The van der Waals surface area contributed by atoms with Crippen LogP contribution in [-0.4, -0.2) is 58.8 Å². The fraction of sp³-hybridized carbons (Fsp3) is 0.476. The number of pyridine rings is 1. The van der Waals surface area contributed by atoms with Gasteiger partial charge in [-0.2, -0.15) is 0 Å². The highest BCUT2D eigenvalue weighted by atomic mass is 16.6. The number of aromatic hydroxyl groups is 1. The van der Waals surface area contributed by atoms with Gasteiger partial charge in [-0.25, -0.2) is 14.6 Å². The molecule has 0 spiro atoms. The van der Waals surface area contributed by atoms with Crippen molar-refractivity contribution in [2.24, 2.45) is 5.92 Å². The largest absolute Gasteiger partial charge is 0.505 e. The normalized spacial score (nSPS) is 24.0. The van der Waals surface area contributed by atoms with E-state index in [-0.39, 0.29) is 23.4 Å². The summed E-state index contributed by atoms with van der Waals surface area (Å²) in [7, 11) is 0. The summed E-state index contributed by atoms with van der Waals surface area (Å²) in [6.45, 7) is 9.22. The van der Waals surface area contributed by atoms with Crippen molar-refractivity contribution in [3.63, 3.8) is 0 Å². The van der Waals surface area contributed by atoms with Gasteiger partial charge in [-0.3, -0.25) is 9.59 Å². The summed E-state index contributed by atoms with van der Waals surface area (Å²) in [5.41, 5.74) is 0.258. The molecular formula is C21H26N2O8.